The van der Waals surface area contributed by atoms with Crippen LogP contribution < -0.4 is 25.6 Å². The maximum Gasteiger partial charge on any atom is 0.269 e. The minimum Gasteiger partial charge on any atom is -0.454 e. The molecule has 8 nitrogen and oxygen atoms in total. The third-order valence-corrected chi connectivity index (χ3v) is 4.60. The number of hydrogen-bond donors (Lipinski definition) is 3. The van der Waals surface area contributed by atoms with Gasteiger partial charge in [0, 0.05) is 24.1 Å². The smallest absolute Gasteiger partial charge is 0.269 e. The van der Waals surface area contributed by atoms with Crippen molar-refractivity contribution < 1.29 is 23.9 Å². The second kappa shape index (κ2) is 8.86. The molecule has 0 atom stereocenters. The van der Waals surface area contributed by atoms with Crippen molar-refractivity contribution in [3.05, 3.63) is 59.2 Å². The van der Waals surface area contributed by atoms with Crippen LogP contribution in [0, 0.1) is 0 Å². The fourth-order valence-corrected chi connectivity index (χ4v) is 2.81. The van der Waals surface area contributed by atoms with Crippen LogP contribution in [0.4, 0.5) is 0 Å². The summed E-state index contributed by atoms with van der Waals surface area (Å²) in [4.78, 5) is 36.2. The SMILES string of the molecule is CC(C)(C)c1ccc(C(=O)NCCC(=O)NNC(=O)c2ccc3c(c2)OCO3)cc1. The van der Waals surface area contributed by atoms with Crippen LogP contribution >= 0.6 is 0 Å². The van der Waals surface area contributed by atoms with Crippen LogP contribution in [0.15, 0.2) is 42.5 Å². The number of benzene rings is 2. The zero-order chi connectivity index (χ0) is 21.7. The topological polar surface area (TPSA) is 106 Å². The monoisotopic (exact) mass is 411 g/mol. The van der Waals surface area contributed by atoms with Crippen LogP contribution in [-0.4, -0.2) is 31.1 Å². The summed E-state index contributed by atoms with van der Waals surface area (Å²) in [5.41, 5.74) is 6.66. The van der Waals surface area contributed by atoms with Crippen molar-refractivity contribution in [2.24, 2.45) is 0 Å². The first-order chi connectivity index (χ1) is 14.2. The maximum atomic E-state index is 12.2. The maximum absolute atomic E-state index is 12.2. The van der Waals surface area contributed by atoms with Gasteiger partial charge in [-0.2, -0.15) is 0 Å². The summed E-state index contributed by atoms with van der Waals surface area (Å²) in [6.07, 6.45) is 0.0211. The minimum atomic E-state index is -0.482. The van der Waals surface area contributed by atoms with E-state index in [2.05, 4.69) is 36.9 Å². The minimum absolute atomic E-state index is 0.0120. The molecule has 1 aliphatic rings. The third-order valence-electron chi connectivity index (χ3n) is 4.60. The van der Waals surface area contributed by atoms with E-state index in [1.54, 1.807) is 24.3 Å². The fourth-order valence-electron chi connectivity index (χ4n) is 2.81. The predicted octanol–water partition coefficient (Wildman–Crippen LogP) is 2.29. The second-order valence-electron chi connectivity index (χ2n) is 7.90. The average Bonchev–Trinajstić information content (AvgIpc) is 3.19. The Hall–Kier alpha value is -3.55. The Morgan fingerprint density at radius 2 is 1.53 bits per heavy atom. The first-order valence-corrected chi connectivity index (χ1v) is 9.61. The molecule has 3 amide bonds. The molecule has 0 saturated carbocycles. The Morgan fingerprint density at radius 3 is 2.23 bits per heavy atom. The molecule has 0 aromatic heterocycles. The van der Waals surface area contributed by atoms with Gasteiger partial charge in [0.05, 0.1) is 0 Å². The number of rotatable bonds is 5. The molecule has 3 rings (SSSR count). The van der Waals surface area contributed by atoms with Gasteiger partial charge in [0.15, 0.2) is 11.5 Å². The van der Waals surface area contributed by atoms with Crippen molar-refractivity contribution in [2.75, 3.05) is 13.3 Å². The molecule has 0 saturated heterocycles. The Bertz CT molecular complexity index is 948. The summed E-state index contributed by atoms with van der Waals surface area (Å²) < 4.78 is 10.4. The number of nitrogens with one attached hydrogen (secondary N) is 3. The summed E-state index contributed by atoms with van der Waals surface area (Å²) in [6, 6.07) is 12.1. The second-order valence-corrected chi connectivity index (χ2v) is 7.90. The molecule has 1 aliphatic heterocycles. The van der Waals surface area contributed by atoms with Gasteiger partial charge in [-0.1, -0.05) is 32.9 Å². The average molecular weight is 411 g/mol. The highest BCUT2D eigenvalue weighted by atomic mass is 16.7. The molecule has 158 valence electrons. The van der Waals surface area contributed by atoms with Gasteiger partial charge in [0.1, 0.15) is 0 Å². The number of carbonyl (C=O) groups excluding carboxylic acids is 3. The van der Waals surface area contributed by atoms with Gasteiger partial charge in [-0.25, -0.2) is 0 Å². The highest BCUT2D eigenvalue weighted by molar-refractivity contribution is 5.96. The van der Waals surface area contributed by atoms with Crippen LogP contribution in [0.3, 0.4) is 0 Å². The number of hydrogen-bond acceptors (Lipinski definition) is 5. The van der Waals surface area contributed by atoms with Gasteiger partial charge >= 0.3 is 0 Å². The molecule has 0 aliphatic carbocycles. The van der Waals surface area contributed by atoms with E-state index in [0.29, 0.717) is 22.6 Å². The lowest BCUT2D eigenvalue weighted by Gasteiger charge is -2.19. The van der Waals surface area contributed by atoms with Crippen LogP contribution in [0.5, 0.6) is 11.5 Å². The number of hydrazine groups is 1. The van der Waals surface area contributed by atoms with Crippen molar-refractivity contribution in [3.63, 3.8) is 0 Å². The quantitative estimate of drug-likeness (QED) is 0.655. The molecular formula is C22H25N3O5. The fraction of sp³-hybridized carbons (Fsp3) is 0.318. The molecule has 8 heteroatoms. The Kier molecular flexibility index (Phi) is 6.25. The van der Waals surface area contributed by atoms with Gasteiger partial charge in [-0.05, 0) is 41.3 Å². The summed E-state index contributed by atoms with van der Waals surface area (Å²) >= 11 is 0. The van der Waals surface area contributed by atoms with Gasteiger partial charge in [-0.15, -0.1) is 0 Å². The van der Waals surface area contributed by atoms with Gasteiger partial charge in [0.2, 0.25) is 12.7 Å². The summed E-state index contributed by atoms with van der Waals surface area (Å²) in [5.74, 6) is -0.114. The first kappa shape index (κ1) is 21.2. The largest absolute Gasteiger partial charge is 0.454 e. The predicted molar refractivity (Wildman–Crippen MR) is 110 cm³/mol. The number of ether oxygens (including phenoxy) is 2. The van der Waals surface area contributed by atoms with Crippen LogP contribution in [-0.2, 0) is 10.2 Å². The van der Waals surface area contributed by atoms with E-state index in [9.17, 15) is 14.4 Å². The molecule has 0 unspecified atom stereocenters. The van der Waals surface area contributed by atoms with Gasteiger partial charge in [0.25, 0.3) is 11.8 Å². The van der Waals surface area contributed by atoms with E-state index in [4.69, 9.17) is 9.47 Å². The Labute approximate surface area is 174 Å². The van der Waals surface area contributed by atoms with Gasteiger partial charge in [-0.3, -0.25) is 25.2 Å². The highest BCUT2D eigenvalue weighted by Crippen LogP contribution is 2.32. The zero-order valence-electron chi connectivity index (χ0n) is 17.2. The van der Waals surface area contributed by atoms with Crippen LogP contribution in [0.1, 0.15) is 53.5 Å². The summed E-state index contributed by atoms with van der Waals surface area (Å²) in [7, 11) is 0. The summed E-state index contributed by atoms with van der Waals surface area (Å²) in [6.45, 7) is 6.57. The normalized spacial score (nSPS) is 12.2. The molecular weight excluding hydrogens is 386 g/mol. The molecule has 1 heterocycles. The van der Waals surface area contributed by atoms with Crippen molar-refractivity contribution >= 4 is 17.7 Å². The third kappa shape index (κ3) is 5.28. The lowest BCUT2D eigenvalue weighted by molar-refractivity contribution is -0.121. The number of carbonyl (C=O) groups is 3. The Balaban J connectivity index is 1.40. The summed E-state index contributed by atoms with van der Waals surface area (Å²) in [5, 5.41) is 2.69. The molecule has 0 bridgehead atoms. The number of fused-ring (bicyclic) bond motifs is 1. The van der Waals surface area contributed by atoms with E-state index >= 15 is 0 Å². The van der Waals surface area contributed by atoms with E-state index < -0.39 is 11.8 Å². The van der Waals surface area contributed by atoms with E-state index in [1.165, 1.54) is 6.07 Å². The first-order valence-electron chi connectivity index (χ1n) is 9.61. The Morgan fingerprint density at radius 1 is 0.867 bits per heavy atom. The van der Waals surface area contributed by atoms with Crippen LogP contribution in [0.25, 0.3) is 0 Å². The lowest BCUT2D eigenvalue weighted by Crippen LogP contribution is -2.42. The lowest BCUT2D eigenvalue weighted by atomic mass is 9.87. The molecule has 30 heavy (non-hydrogen) atoms. The van der Waals surface area contributed by atoms with E-state index in [1.807, 2.05) is 12.1 Å². The zero-order valence-corrected chi connectivity index (χ0v) is 17.2. The van der Waals surface area contributed by atoms with Crippen molar-refractivity contribution in [1.82, 2.24) is 16.2 Å². The van der Waals surface area contributed by atoms with E-state index in [0.717, 1.165) is 5.56 Å². The highest BCUT2D eigenvalue weighted by Gasteiger charge is 2.17. The number of amides is 3. The van der Waals surface area contributed by atoms with E-state index in [-0.39, 0.29) is 31.1 Å². The molecule has 2 aromatic carbocycles. The van der Waals surface area contributed by atoms with Crippen molar-refractivity contribution in [3.8, 4) is 11.5 Å². The van der Waals surface area contributed by atoms with Crippen molar-refractivity contribution in [2.45, 2.75) is 32.6 Å². The molecule has 3 N–H and O–H groups in total. The standard InChI is InChI=1S/C22H25N3O5/c1-22(2,3)16-7-4-14(5-8-16)20(27)23-11-10-19(26)24-25-21(28)15-6-9-17-18(12-15)30-13-29-17/h4-9,12H,10-11,13H2,1-3H3,(H,23,27)(H,24,26)(H,25,28). The molecule has 0 spiro atoms. The molecule has 0 fully saturated rings. The molecule has 0 radical (unpaired) electrons. The van der Waals surface area contributed by atoms with Crippen molar-refractivity contribution in [1.29, 1.82) is 0 Å². The molecule has 2 aromatic rings. The van der Waals surface area contributed by atoms with Crippen LogP contribution in [0.2, 0.25) is 0 Å². The van der Waals surface area contributed by atoms with Gasteiger partial charge < -0.3 is 14.8 Å².